The quantitative estimate of drug-likeness (QED) is 0.582. The molecule has 2 nitrogen and oxygen atoms in total. The Morgan fingerprint density at radius 1 is 1.00 bits per heavy atom. The van der Waals surface area contributed by atoms with E-state index in [0.717, 1.165) is 6.71 Å². The minimum Gasteiger partial charge on any atom is -0.376 e. The zero-order chi connectivity index (χ0) is 10.4. The number of nitrogens with zero attached hydrogens (tertiary/aromatic N) is 2. The van der Waals surface area contributed by atoms with Gasteiger partial charge < -0.3 is 9.80 Å². The highest BCUT2D eigenvalue weighted by Gasteiger charge is 2.32. The van der Waals surface area contributed by atoms with E-state index in [9.17, 15) is 0 Å². The molecular formula is C12H17BN2. The van der Waals surface area contributed by atoms with Gasteiger partial charge in [-0.3, -0.25) is 0 Å². The Hall–Kier alpha value is -1.12. The second-order valence-electron chi connectivity index (χ2n) is 4.83. The summed E-state index contributed by atoms with van der Waals surface area (Å²) in [4.78, 5) is 4.79. The van der Waals surface area contributed by atoms with Crippen molar-refractivity contribution in [1.82, 2.24) is 0 Å². The van der Waals surface area contributed by atoms with E-state index in [1.54, 1.807) is 5.46 Å². The summed E-state index contributed by atoms with van der Waals surface area (Å²) < 4.78 is 0. The lowest BCUT2D eigenvalue weighted by Gasteiger charge is -2.39. The number of benzene rings is 1. The molecule has 2 heterocycles. The Bertz CT molecular complexity index is 359. The van der Waals surface area contributed by atoms with E-state index >= 15 is 0 Å². The predicted octanol–water partition coefficient (Wildman–Crippen LogP) is 1.29. The largest absolute Gasteiger partial charge is 0.376 e. The van der Waals surface area contributed by atoms with Crippen molar-refractivity contribution >= 4 is 23.6 Å². The van der Waals surface area contributed by atoms with Crippen LogP contribution < -0.4 is 15.3 Å². The topological polar surface area (TPSA) is 6.48 Å². The zero-order valence-electron chi connectivity index (χ0n) is 9.53. The van der Waals surface area contributed by atoms with E-state index < -0.39 is 0 Å². The summed E-state index contributed by atoms with van der Waals surface area (Å²) in [6, 6.07) is 6.73. The smallest absolute Gasteiger partial charge is 0.184 e. The fourth-order valence-electron chi connectivity index (χ4n) is 3.00. The SMILES string of the molecule is CN1CCB2CCN(C)c3cccc1c32. The summed E-state index contributed by atoms with van der Waals surface area (Å²) in [6.45, 7) is 3.24. The lowest BCUT2D eigenvalue weighted by molar-refractivity contribution is 0.897. The van der Waals surface area contributed by atoms with E-state index in [4.69, 9.17) is 0 Å². The molecular weight excluding hydrogens is 183 g/mol. The predicted molar refractivity (Wildman–Crippen MR) is 68.0 cm³/mol. The Kier molecular flexibility index (Phi) is 1.94. The van der Waals surface area contributed by atoms with Crippen LogP contribution in [0.4, 0.5) is 11.4 Å². The zero-order valence-corrected chi connectivity index (χ0v) is 9.53. The first-order valence-electron chi connectivity index (χ1n) is 5.82. The average molecular weight is 200 g/mol. The van der Waals surface area contributed by atoms with E-state index in [0.29, 0.717) is 0 Å². The molecule has 1 aromatic carbocycles. The molecule has 0 aromatic heterocycles. The summed E-state index contributed by atoms with van der Waals surface area (Å²) in [5.74, 6) is 0. The molecule has 2 aliphatic heterocycles. The minimum absolute atomic E-state index is 0.809. The summed E-state index contributed by atoms with van der Waals surface area (Å²) in [6.07, 6.45) is 2.66. The molecule has 2 aliphatic rings. The monoisotopic (exact) mass is 200 g/mol. The van der Waals surface area contributed by atoms with Crippen LogP contribution in [0.25, 0.3) is 0 Å². The van der Waals surface area contributed by atoms with Gasteiger partial charge in [0.25, 0.3) is 0 Å². The van der Waals surface area contributed by atoms with Crippen LogP contribution >= 0.6 is 0 Å². The maximum Gasteiger partial charge on any atom is 0.184 e. The van der Waals surface area contributed by atoms with Crippen LogP contribution in [-0.4, -0.2) is 33.9 Å². The Morgan fingerprint density at radius 2 is 1.53 bits per heavy atom. The van der Waals surface area contributed by atoms with Crippen LogP contribution in [0, 0.1) is 0 Å². The minimum atomic E-state index is 0.809. The van der Waals surface area contributed by atoms with Crippen molar-refractivity contribution in [3.8, 4) is 0 Å². The molecule has 0 atom stereocenters. The van der Waals surface area contributed by atoms with Crippen molar-refractivity contribution in [3.05, 3.63) is 18.2 Å². The van der Waals surface area contributed by atoms with Crippen LogP contribution in [0.2, 0.25) is 12.6 Å². The Morgan fingerprint density at radius 3 is 2.07 bits per heavy atom. The molecule has 0 spiro atoms. The molecule has 0 fully saturated rings. The van der Waals surface area contributed by atoms with Crippen molar-refractivity contribution < 1.29 is 0 Å². The van der Waals surface area contributed by atoms with Gasteiger partial charge in [-0.25, -0.2) is 0 Å². The number of hydrogen-bond acceptors (Lipinski definition) is 2. The van der Waals surface area contributed by atoms with Gasteiger partial charge in [0.2, 0.25) is 0 Å². The maximum absolute atomic E-state index is 2.40. The lowest BCUT2D eigenvalue weighted by atomic mass is 9.37. The molecule has 3 rings (SSSR count). The van der Waals surface area contributed by atoms with Crippen molar-refractivity contribution in [2.75, 3.05) is 37.0 Å². The average Bonchev–Trinajstić information content (AvgIpc) is 2.27. The van der Waals surface area contributed by atoms with Crippen LogP contribution in [0.3, 0.4) is 0 Å². The van der Waals surface area contributed by atoms with Crippen molar-refractivity contribution in [2.45, 2.75) is 12.6 Å². The first kappa shape index (κ1) is 9.14. The summed E-state index contributed by atoms with van der Waals surface area (Å²) >= 11 is 0. The van der Waals surface area contributed by atoms with E-state index in [2.05, 4.69) is 42.1 Å². The number of rotatable bonds is 0. The van der Waals surface area contributed by atoms with Gasteiger partial charge in [0.15, 0.2) is 6.71 Å². The van der Waals surface area contributed by atoms with E-state index in [-0.39, 0.29) is 0 Å². The normalized spacial score (nSPS) is 19.2. The molecule has 1 aromatic rings. The summed E-state index contributed by atoms with van der Waals surface area (Å²) in [7, 11) is 4.42. The lowest BCUT2D eigenvalue weighted by Crippen LogP contribution is -2.50. The fourth-order valence-corrected chi connectivity index (χ4v) is 3.00. The molecule has 0 saturated heterocycles. The fraction of sp³-hybridized carbons (Fsp3) is 0.500. The van der Waals surface area contributed by atoms with Gasteiger partial charge in [-0.05, 0) is 17.6 Å². The van der Waals surface area contributed by atoms with Crippen molar-refractivity contribution in [2.24, 2.45) is 0 Å². The first-order valence-corrected chi connectivity index (χ1v) is 5.82. The van der Waals surface area contributed by atoms with Gasteiger partial charge in [-0.2, -0.15) is 0 Å². The van der Waals surface area contributed by atoms with Crippen molar-refractivity contribution in [3.63, 3.8) is 0 Å². The van der Waals surface area contributed by atoms with Gasteiger partial charge in [0.05, 0.1) is 0 Å². The molecule has 15 heavy (non-hydrogen) atoms. The van der Waals surface area contributed by atoms with Gasteiger partial charge in [-0.1, -0.05) is 18.7 Å². The Labute approximate surface area is 92.0 Å². The first-order chi connectivity index (χ1) is 7.27. The third-order valence-electron chi connectivity index (χ3n) is 3.92. The molecule has 0 unspecified atom stereocenters. The van der Waals surface area contributed by atoms with Gasteiger partial charge in [0.1, 0.15) is 0 Å². The molecule has 3 heteroatoms. The molecule has 0 radical (unpaired) electrons. The second-order valence-corrected chi connectivity index (χ2v) is 4.83. The van der Waals surface area contributed by atoms with Gasteiger partial charge in [-0.15, -0.1) is 0 Å². The van der Waals surface area contributed by atoms with Crippen LogP contribution in [0.1, 0.15) is 0 Å². The molecule has 0 aliphatic carbocycles. The highest BCUT2D eigenvalue weighted by Crippen LogP contribution is 2.29. The molecule has 0 saturated carbocycles. The molecule has 0 N–H and O–H groups in total. The third-order valence-corrected chi connectivity index (χ3v) is 3.92. The van der Waals surface area contributed by atoms with Gasteiger partial charge >= 0.3 is 0 Å². The van der Waals surface area contributed by atoms with Crippen LogP contribution in [0.15, 0.2) is 18.2 Å². The summed E-state index contributed by atoms with van der Waals surface area (Å²) in [5, 5.41) is 0. The number of anilines is 2. The molecule has 0 bridgehead atoms. The standard InChI is InChI=1S/C12H17BN2/c1-14-8-6-13-7-9-15(2)11-5-3-4-10(14)12(11)13/h3-5H,6-9H2,1-2H3. The maximum atomic E-state index is 2.40. The van der Waals surface area contributed by atoms with E-state index in [1.165, 1.54) is 37.1 Å². The van der Waals surface area contributed by atoms with Crippen molar-refractivity contribution in [1.29, 1.82) is 0 Å². The third kappa shape index (κ3) is 1.25. The molecule has 78 valence electrons. The highest BCUT2D eigenvalue weighted by molar-refractivity contribution is 6.77. The number of hydrogen-bond donors (Lipinski definition) is 0. The highest BCUT2D eigenvalue weighted by atomic mass is 15.1. The summed E-state index contributed by atoms with van der Waals surface area (Å²) in [5.41, 5.74) is 4.51. The van der Waals surface area contributed by atoms with Crippen LogP contribution in [-0.2, 0) is 0 Å². The molecule has 0 amide bonds. The van der Waals surface area contributed by atoms with E-state index in [1.807, 2.05) is 0 Å². The van der Waals surface area contributed by atoms with Crippen LogP contribution in [0.5, 0.6) is 0 Å². The second kappa shape index (κ2) is 3.19. The van der Waals surface area contributed by atoms with Gasteiger partial charge in [0, 0.05) is 38.6 Å². The Balaban J connectivity index is 2.20.